The maximum Gasteiger partial charge on any atom is 0.409 e. The minimum absolute atomic E-state index is 0.238. The van der Waals surface area contributed by atoms with E-state index in [2.05, 4.69) is 10.6 Å². The molecule has 0 unspecified atom stereocenters. The average Bonchev–Trinajstić information content (AvgIpc) is 2.90. The van der Waals surface area contributed by atoms with E-state index >= 15 is 0 Å². The first-order valence-electron chi connectivity index (χ1n) is 5.75. The van der Waals surface area contributed by atoms with E-state index in [0.29, 0.717) is 11.4 Å². The van der Waals surface area contributed by atoms with Crippen molar-refractivity contribution in [2.45, 2.75) is 6.43 Å². The van der Waals surface area contributed by atoms with E-state index in [9.17, 15) is 18.4 Å². The number of benzene rings is 1. The summed E-state index contributed by atoms with van der Waals surface area (Å²) in [5.41, 5.74) is 0.699. The van der Waals surface area contributed by atoms with E-state index in [0.717, 1.165) is 12.1 Å². The van der Waals surface area contributed by atoms with Crippen molar-refractivity contribution >= 4 is 23.4 Å². The van der Waals surface area contributed by atoms with Crippen LogP contribution in [0.2, 0.25) is 0 Å². The van der Waals surface area contributed by atoms with Gasteiger partial charge >= 0.3 is 6.09 Å². The van der Waals surface area contributed by atoms with Crippen LogP contribution >= 0.6 is 0 Å². The highest BCUT2D eigenvalue weighted by Crippen LogP contribution is 2.22. The van der Waals surface area contributed by atoms with Crippen LogP contribution in [-0.2, 0) is 0 Å². The first-order valence-corrected chi connectivity index (χ1v) is 5.75. The zero-order valence-electron chi connectivity index (χ0n) is 10.5. The number of halogens is 2. The van der Waals surface area contributed by atoms with Gasteiger partial charge in [-0.3, -0.25) is 10.1 Å². The van der Waals surface area contributed by atoms with Crippen LogP contribution in [-0.4, -0.2) is 17.1 Å². The lowest BCUT2D eigenvalue weighted by Crippen LogP contribution is -2.11. The smallest absolute Gasteiger partial charge is 0.409 e. The fraction of sp³-hybridized carbons (Fsp3) is 0.0769. The third-order valence-corrected chi connectivity index (χ3v) is 2.46. The molecule has 0 aliphatic carbocycles. The first kappa shape index (κ1) is 14.5. The Morgan fingerprint density at radius 1 is 1.00 bits per heavy atom. The number of furan rings is 1. The van der Waals surface area contributed by atoms with E-state index in [1.807, 2.05) is 0 Å². The second-order valence-corrected chi connectivity index (χ2v) is 3.96. The van der Waals surface area contributed by atoms with Crippen LogP contribution in [0.15, 0.2) is 40.8 Å². The van der Waals surface area contributed by atoms with Gasteiger partial charge in [-0.2, -0.15) is 0 Å². The molecule has 2 amide bonds. The monoisotopic (exact) mass is 296 g/mol. The molecule has 6 nitrogen and oxygen atoms in total. The number of carbonyl (C=O) groups excluding carboxylic acids is 1. The van der Waals surface area contributed by atoms with Crippen LogP contribution in [0.4, 0.5) is 25.0 Å². The quantitative estimate of drug-likeness (QED) is 0.804. The maximum absolute atomic E-state index is 12.3. The van der Waals surface area contributed by atoms with Gasteiger partial charge in [0.25, 0.3) is 12.3 Å². The van der Waals surface area contributed by atoms with Crippen LogP contribution in [0, 0.1) is 0 Å². The maximum atomic E-state index is 12.3. The van der Waals surface area contributed by atoms with Crippen molar-refractivity contribution < 1.29 is 27.9 Å². The van der Waals surface area contributed by atoms with Gasteiger partial charge in [-0.15, -0.1) is 0 Å². The van der Waals surface area contributed by atoms with Crippen molar-refractivity contribution in [1.29, 1.82) is 0 Å². The van der Waals surface area contributed by atoms with E-state index in [1.54, 1.807) is 0 Å². The molecule has 0 aliphatic heterocycles. The summed E-state index contributed by atoms with van der Waals surface area (Å²) in [6.07, 6.45) is -3.99. The van der Waals surface area contributed by atoms with Crippen LogP contribution in [0.5, 0.6) is 0 Å². The third kappa shape index (κ3) is 3.78. The molecule has 0 aliphatic rings. The Morgan fingerprint density at radius 3 is 2.05 bits per heavy atom. The number of carboxylic acid groups (broad SMARTS) is 1. The average molecular weight is 296 g/mol. The van der Waals surface area contributed by atoms with Gasteiger partial charge < -0.3 is 14.8 Å². The molecule has 0 atom stereocenters. The molecule has 8 heteroatoms. The van der Waals surface area contributed by atoms with Crippen LogP contribution < -0.4 is 10.6 Å². The minimum Gasteiger partial charge on any atom is -0.465 e. The number of nitrogens with one attached hydrogen (secondary N) is 2. The molecular formula is C13H10F2N2O4. The van der Waals surface area contributed by atoms with Crippen LogP contribution in [0.25, 0.3) is 0 Å². The summed E-state index contributed by atoms with van der Waals surface area (Å²) in [4.78, 5) is 22.2. The van der Waals surface area contributed by atoms with Crippen molar-refractivity contribution in [3.63, 3.8) is 0 Å². The van der Waals surface area contributed by atoms with Crippen LogP contribution in [0.1, 0.15) is 22.7 Å². The second-order valence-electron chi connectivity index (χ2n) is 3.96. The highest BCUT2D eigenvalue weighted by Gasteiger charge is 2.16. The Hall–Kier alpha value is -2.90. The normalized spacial score (nSPS) is 10.4. The van der Waals surface area contributed by atoms with E-state index in [-0.39, 0.29) is 5.76 Å². The topological polar surface area (TPSA) is 91.6 Å². The molecular weight excluding hydrogens is 286 g/mol. The van der Waals surface area contributed by atoms with E-state index in [1.165, 1.54) is 24.3 Å². The Bertz CT molecular complexity index is 652. The molecule has 0 radical (unpaired) electrons. The molecule has 0 spiro atoms. The molecule has 2 rings (SSSR count). The minimum atomic E-state index is -2.78. The Labute approximate surface area is 117 Å². The summed E-state index contributed by atoms with van der Waals surface area (Å²) in [7, 11) is 0. The van der Waals surface area contributed by atoms with Crippen molar-refractivity contribution in [2.75, 3.05) is 10.6 Å². The van der Waals surface area contributed by atoms with E-state index in [4.69, 9.17) is 9.52 Å². The summed E-state index contributed by atoms with van der Waals surface area (Å²) in [5, 5.41) is 13.1. The van der Waals surface area contributed by atoms with Gasteiger partial charge in [0.1, 0.15) is 0 Å². The first-order chi connectivity index (χ1) is 9.95. The molecule has 2 aromatic rings. The number of anilines is 2. The van der Waals surface area contributed by atoms with Gasteiger partial charge in [0, 0.05) is 11.4 Å². The molecule has 0 fully saturated rings. The van der Waals surface area contributed by atoms with Crippen LogP contribution in [0.3, 0.4) is 0 Å². The predicted molar refractivity (Wildman–Crippen MR) is 69.7 cm³/mol. The molecule has 3 N–H and O–H groups in total. The SMILES string of the molecule is O=C(O)Nc1ccc(NC(=O)c2ccc(C(F)F)o2)cc1. The lowest BCUT2D eigenvalue weighted by molar-refractivity contribution is 0.0964. The second kappa shape index (κ2) is 6.04. The van der Waals surface area contributed by atoms with Crippen molar-refractivity contribution in [1.82, 2.24) is 0 Å². The summed E-state index contributed by atoms with van der Waals surface area (Å²) in [6.45, 7) is 0. The van der Waals surface area contributed by atoms with Crippen molar-refractivity contribution in [2.24, 2.45) is 0 Å². The molecule has 21 heavy (non-hydrogen) atoms. The zero-order chi connectivity index (χ0) is 15.4. The number of carbonyl (C=O) groups is 2. The van der Waals surface area contributed by atoms with E-state index < -0.39 is 24.2 Å². The third-order valence-electron chi connectivity index (χ3n) is 2.46. The molecule has 1 aromatic heterocycles. The summed E-state index contributed by atoms with van der Waals surface area (Å²) in [5.74, 6) is -1.50. The van der Waals surface area contributed by atoms with Gasteiger partial charge in [-0.25, -0.2) is 13.6 Å². The lowest BCUT2D eigenvalue weighted by atomic mass is 10.2. The van der Waals surface area contributed by atoms with Gasteiger partial charge in [-0.05, 0) is 36.4 Å². The number of rotatable bonds is 4. The molecule has 1 heterocycles. The Balaban J connectivity index is 2.03. The molecule has 110 valence electrons. The number of hydrogen-bond acceptors (Lipinski definition) is 3. The van der Waals surface area contributed by atoms with Gasteiger partial charge in [0.2, 0.25) is 0 Å². The zero-order valence-corrected chi connectivity index (χ0v) is 10.5. The highest BCUT2D eigenvalue weighted by molar-refractivity contribution is 6.02. The number of amides is 2. The lowest BCUT2D eigenvalue weighted by Gasteiger charge is -2.05. The molecule has 1 aromatic carbocycles. The number of alkyl halides is 2. The fourth-order valence-corrected chi connectivity index (χ4v) is 1.55. The van der Waals surface area contributed by atoms with Gasteiger partial charge in [0.15, 0.2) is 11.5 Å². The largest absolute Gasteiger partial charge is 0.465 e. The van der Waals surface area contributed by atoms with Gasteiger partial charge in [-0.1, -0.05) is 0 Å². The predicted octanol–water partition coefficient (Wildman–Crippen LogP) is 3.56. The number of hydrogen-bond donors (Lipinski definition) is 3. The van der Waals surface area contributed by atoms with Crippen molar-refractivity contribution in [3.8, 4) is 0 Å². The summed E-state index contributed by atoms with van der Waals surface area (Å²) < 4.78 is 29.4. The standard InChI is InChI=1S/C13H10F2N2O4/c14-11(15)9-5-6-10(21-9)12(18)16-7-1-3-8(4-2-7)17-13(19)20/h1-6,11,17H,(H,16,18)(H,19,20). The van der Waals surface area contributed by atoms with Gasteiger partial charge in [0.05, 0.1) is 0 Å². The molecule has 0 saturated heterocycles. The highest BCUT2D eigenvalue weighted by atomic mass is 19.3. The molecule has 0 bridgehead atoms. The Kier molecular flexibility index (Phi) is 4.17. The fourth-order valence-electron chi connectivity index (χ4n) is 1.55. The van der Waals surface area contributed by atoms with Crippen molar-refractivity contribution in [3.05, 3.63) is 47.9 Å². The summed E-state index contributed by atoms with van der Waals surface area (Å²) >= 11 is 0. The molecule has 0 saturated carbocycles. The summed E-state index contributed by atoms with van der Waals surface area (Å²) in [6, 6.07) is 7.98. The Morgan fingerprint density at radius 2 is 1.57 bits per heavy atom.